The van der Waals surface area contributed by atoms with E-state index in [1.807, 2.05) is 4.90 Å². The zero-order chi connectivity index (χ0) is 30.0. The first kappa shape index (κ1) is 29.3. The molecule has 2 aliphatic heterocycles. The Bertz CT molecular complexity index is 1330. The molecule has 2 fully saturated rings. The first-order chi connectivity index (χ1) is 19.1. The van der Waals surface area contributed by atoms with E-state index in [0.29, 0.717) is 64.2 Å². The summed E-state index contributed by atoms with van der Waals surface area (Å²) in [5, 5.41) is 9.61. The number of halogens is 5. The zero-order valence-corrected chi connectivity index (χ0v) is 23.4. The lowest BCUT2D eigenvalue weighted by molar-refractivity contribution is -0.228. The lowest BCUT2D eigenvalue weighted by Gasteiger charge is -2.48. The zero-order valence-electron chi connectivity index (χ0n) is 23.4. The van der Waals surface area contributed by atoms with Gasteiger partial charge in [-0.1, -0.05) is 24.3 Å². The molecule has 41 heavy (non-hydrogen) atoms. The second kappa shape index (κ2) is 9.98. The minimum absolute atomic E-state index is 0.0368. The summed E-state index contributed by atoms with van der Waals surface area (Å²) >= 11 is 0. The number of amides is 1. The summed E-state index contributed by atoms with van der Waals surface area (Å²) in [5.74, 6) is -1.59. The standard InChI is InChI=1S/C31H35F5N2O3/c1-28(27(40)41)12-10-20(11-13-28)26(39)38-15-14-30(17-19-4-7-22(32)8-5-19)23-9-6-21(29(2,33)31(34,35)36)16-24(23)37(3)18-25(30)38/h4-9,16,20,25H,10-15,17-18H2,1-3H3,(H,40,41)/t20-,25?,28-,29?,30?. The largest absolute Gasteiger partial charge is 0.481 e. The highest BCUT2D eigenvalue weighted by molar-refractivity contribution is 5.82. The fourth-order valence-electron chi connectivity index (χ4n) is 7.09. The van der Waals surface area contributed by atoms with Crippen LogP contribution in [0.15, 0.2) is 42.5 Å². The van der Waals surface area contributed by atoms with Crippen molar-refractivity contribution in [2.75, 3.05) is 25.0 Å². The third-order valence-corrected chi connectivity index (χ3v) is 9.95. The lowest BCUT2D eigenvalue weighted by atomic mass is 9.66. The van der Waals surface area contributed by atoms with Crippen molar-refractivity contribution in [3.63, 3.8) is 0 Å². The van der Waals surface area contributed by atoms with Gasteiger partial charge in [-0.2, -0.15) is 13.2 Å². The van der Waals surface area contributed by atoms with Gasteiger partial charge in [-0.25, -0.2) is 8.78 Å². The van der Waals surface area contributed by atoms with Crippen LogP contribution in [0.5, 0.6) is 0 Å². The number of carboxylic acids is 1. The molecule has 1 saturated carbocycles. The number of likely N-dealkylation sites (N-methyl/N-ethyl adjacent to an activating group) is 1. The van der Waals surface area contributed by atoms with E-state index in [9.17, 15) is 36.6 Å². The number of aliphatic carboxylic acids is 1. The van der Waals surface area contributed by atoms with E-state index in [1.54, 1.807) is 37.1 Å². The van der Waals surface area contributed by atoms with Gasteiger partial charge < -0.3 is 14.9 Å². The summed E-state index contributed by atoms with van der Waals surface area (Å²) in [4.78, 5) is 29.3. The number of nitrogens with zero attached hydrogens (tertiary/aromatic N) is 2. The molecule has 0 spiro atoms. The maximum atomic E-state index is 15.0. The second-order valence-electron chi connectivity index (χ2n) is 12.5. The number of benzene rings is 2. The number of carbonyl (C=O) groups is 2. The molecular weight excluding hydrogens is 543 g/mol. The average molecular weight is 579 g/mol. The topological polar surface area (TPSA) is 60.9 Å². The van der Waals surface area contributed by atoms with Crippen LogP contribution in [0.1, 0.15) is 62.6 Å². The van der Waals surface area contributed by atoms with E-state index < -0.39 is 34.2 Å². The highest BCUT2D eigenvalue weighted by Gasteiger charge is 2.57. The molecule has 2 aromatic carbocycles. The highest BCUT2D eigenvalue weighted by atomic mass is 19.4. The molecule has 1 amide bonds. The Morgan fingerprint density at radius 2 is 1.66 bits per heavy atom. The van der Waals surface area contributed by atoms with Gasteiger partial charge in [-0.05, 0) is 81.7 Å². The minimum Gasteiger partial charge on any atom is -0.481 e. The molecule has 0 bridgehead atoms. The first-order valence-corrected chi connectivity index (χ1v) is 14.0. The lowest BCUT2D eigenvalue weighted by Crippen LogP contribution is -2.56. The third kappa shape index (κ3) is 4.87. The van der Waals surface area contributed by atoms with Crippen molar-refractivity contribution in [3.05, 3.63) is 65.0 Å². The van der Waals surface area contributed by atoms with E-state index in [4.69, 9.17) is 0 Å². The van der Waals surface area contributed by atoms with Gasteiger partial charge in [0.2, 0.25) is 11.6 Å². The van der Waals surface area contributed by atoms with Crippen LogP contribution in [0.4, 0.5) is 27.6 Å². The summed E-state index contributed by atoms with van der Waals surface area (Å²) in [6.07, 6.45) is -2.37. The fourth-order valence-corrected chi connectivity index (χ4v) is 7.09. The Morgan fingerprint density at radius 1 is 1.02 bits per heavy atom. The molecule has 0 aromatic heterocycles. The number of anilines is 1. The van der Waals surface area contributed by atoms with Gasteiger partial charge >= 0.3 is 12.1 Å². The molecule has 3 unspecified atom stereocenters. The monoisotopic (exact) mass is 578 g/mol. The van der Waals surface area contributed by atoms with E-state index >= 15 is 0 Å². The highest BCUT2D eigenvalue weighted by Crippen LogP contribution is 2.52. The Balaban J connectivity index is 1.53. The Morgan fingerprint density at radius 3 is 2.24 bits per heavy atom. The molecule has 3 aliphatic rings. The van der Waals surface area contributed by atoms with Crippen LogP contribution >= 0.6 is 0 Å². The first-order valence-electron chi connectivity index (χ1n) is 14.0. The maximum absolute atomic E-state index is 15.0. The van der Waals surface area contributed by atoms with Gasteiger partial charge in [0, 0.05) is 42.7 Å². The molecule has 1 saturated heterocycles. The van der Waals surface area contributed by atoms with Crippen LogP contribution < -0.4 is 4.90 Å². The van der Waals surface area contributed by atoms with E-state index in [0.717, 1.165) is 11.1 Å². The molecular formula is C31H35F5N2O3. The molecule has 5 rings (SSSR count). The quantitative estimate of drug-likeness (QED) is 0.418. The Hall–Kier alpha value is -3.17. The smallest absolute Gasteiger partial charge is 0.426 e. The number of carbonyl (C=O) groups excluding carboxylic acids is 1. The van der Waals surface area contributed by atoms with Crippen LogP contribution in [0.2, 0.25) is 0 Å². The number of alkyl halides is 4. The van der Waals surface area contributed by atoms with Crippen LogP contribution in [0, 0.1) is 17.2 Å². The molecule has 1 aliphatic carbocycles. The Kier molecular flexibility index (Phi) is 7.14. The van der Waals surface area contributed by atoms with Crippen LogP contribution in [0.3, 0.4) is 0 Å². The Labute approximate surface area is 236 Å². The normalized spacial score (nSPS) is 29.5. The molecule has 0 radical (unpaired) electrons. The number of hydrogen-bond acceptors (Lipinski definition) is 3. The van der Waals surface area contributed by atoms with Crippen molar-refractivity contribution >= 4 is 17.6 Å². The van der Waals surface area contributed by atoms with Gasteiger partial charge in [0.1, 0.15) is 5.82 Å². The van der Waals surface area contributed by atoms with Gasteiger partial charge in [0.05, 0.1) is 11.5 Å². The predicted octanol–water partition coefficient (Wildman–Crippen LogP) is 6.39. The van der Waals surface area contributed by atoms with Gasteiger partial charge in [-0.3, -0.25) is 9.59 Å². The van der Waals surface area contributed by atoms with Crippen molar-refractivity contribution in [3.8, 4) is 0 Å². The van der Waals surface area contributed by atoms with Crippen molar-refractivity contribution in [1.82, 2.24) is 4.90 Å². The molecule has 10 heteroatoms. The van der Waals surface area contributed by atoms with Crippen molar-refractivity contribution in [2.45, 2.75) is 75.7 Å². The summed E-state index contributed by atoms with van der Waals surface area (Å²) < 4.78 is 69.4. The molecule has 1 N–H and O–H groups in total. The van der Waals surface area contributed by atoms with Crippen molar-refractivity contribution in [1.29, 1.82) is 0 Å². The molecule has 3 atom stereocenters. The van der Waals surface area contributed by atoms with E-state index in [1.165, 1.54) is 24.3 Å². The SMILES string of the molecule is CN1CC2N(C(=O)[C@H]3CC[C@](C)(C(=O)O)CC3)CCC2(Cc2ccc(F)cc2)c2ccc(C(C)(F)C(F)(F)F)cc21. The van der Waals surface area contributed by atoms with E-state index in [-0.39, 0.29) is 23.7 Å². The minimum atomic E-state index is -5.09. The third-order valence-electron chi connectivity index (χ3n) is 9.95. The van der Waals surface area contributed by atoms with Crippen molar-refractivity contribution < 1.29 is 36.6 Å². The van der Waals surface area contributed by atoms with Crippen LogP contribution in [-0.4, -0.2) is 54.2 Å². The molecule has 2 aromatic rings. The number of fused-ring (bicyclic) bond motifs is 3. The summed E-state index contributed by atoms with van der Waals surface area (Å²) in [6.45, 7) is 2.99. The average Bonchev–Trinajstić information content (AvgIpc) is 3.28. The van der Waals surface area contributed by atoms with Gasteiger partial charge in [-0.15, -0.1) is 0 Å². The molecule has 5 nitrogen and oxygen atoms in total. The molecule has 222 valence electrons. The second-order valence-corrected chi connectivity index (χ2v) is 12.5. The number of rotatable bonds is 5. The maximum Gasteiger partial charge on any atom is 0.426 e. The predicted molar refractivity (Wildman–Crippen MR) is 144 cm³/mol. The molecule has 2 heterocycles. The van der Waals surface area contributed by atoms with Gasteiger partial charge in [0.15, 0.2) is 0 Å². The van der Waals surface area contributed by atoms with E-state index in [2.05, 4.69) is 0 Å². The number of carboxylic acid groups (broad SMARTS) is 1. The van der Waals surface area contributed by atoms with Crippen LogP contribution in [0.25, 0.3) is 0 Å². The summed E-state index contributed by atoms with van der Waals surface area (Å²) in [6, 6.07) is 9.76. The fraction of sp³-hybridized carbons (Fsp3) is 0.548. The van der Waals surface area contributed by atoms with Gasteiger partial charge in [0.25, 0.3) is 0 Å². The van der Waals surface area contributed by atoms with Crippen LogP contribution in [-0.2, 0) is 27.1 Å². The number of hydrogen-bond donors (Lipinski definition) is 1. The van der Waals surface area contributed by atoms with Crippen molar-refractivity contribution in [2.24, 2.45) is 11.3 Å². The summed E-state index contributed by atoms with van der Waals surface area (Å²) in [5.41, 5.74) is -3.50. The number of likely N-dealkylation sites (tertiary alicyclic amines) is 1. The summed E-state index contributed by atoms with van der Waals surface area (Å²) in [7, 11) is 1.73.